The third-order valence-corrected chi connectivity index (χ3v) is 6.04. The van der Waals surface area contributed by atoms with Crippen molar-refractivity contribution < 1.29 is 23.9 Å². The van der Waals surface area contributed by atoms with Crippen LogP contribution in [0.5, 0.6) is 11.5 Å². The number of anilines is 1. The molecule has 0 radical (unpaired) electrons. The number of methoxy groups -OCH3 is 1. The van der Waals surface area contributed by atoms with E-state index in [4.69, 9.17) is 9.47 Å². The number of benzene rings is 2. The third-order valence-electron chi connectivity index (χ3n) is 6.04. The van der Waals surface area contributed by atoms with E-state index < -0.39 is 0 Å². The SMILES string of the molecule is COc1cccc(C(=O)COc2ccccc2N2C(=O)[C@@H]3CC[C@@H](C)C[C@H]3C2=O)c1. The van der Waals surface area contributed by atoms with E-state index in [9.17, 15) is 14.4 Å². The second kappa shape index (κ2) is 8.30. The van der Waals surface area contributed by atoms with Crippen molar-refractivity contribution in [3.8, 4) is 11.5 Å². The number of Topliss-reactive ketones (excluding diaryl/α,β-unsaturated/α-hetero) is 1. The highest BCUT2D eigenvalue weighted by molar-refractivity contribution is 6.22. The molecule has 4 rings (SSSR count). The fraction of sp³-hybridized carbons (Fsp3) is 0.375. The van der Waals surface area contributed by atoms with Gasteiger partial charge in [0.15, 0.2) is 12.4 Å². The Morgan fingerprint density at radius 3 is 2.60 bits per heavy atom. The number of carbonyl (C=O) groups is 3. The predicted molar refractivity (Wildman–Crippen MR) is 112 cm³/mol. The van der Waals surface area contributed by atoms with Crippen LogP contribution in [0, 0.1) is 17.8 Å². The van der Waals surface area contributed by atoms with Crippen LogP contribution in [-0.4, -0.2) is 31.3 Å². The first-order valence-electron chi connectivity index (χ1n) is 10.3. The molecule has 6 nitrogen and oxygen atoms in total. The van der Waals surface area contributed by atoms with Crippen LogP contribution in [0.15, 0.2) is 48.5 Å². The maximum atomic E-state index is 13.0. The molecular formula is C24H25NO5. The molecule has 1 heterocycles. The molecule has 2 fully saturated rings. The Balaban J connectivity index is 1.54. The van der Waals surface area contributed by atoms with Crippen molar-refractivity contribution in [2.75, 3.05) is 18.6 Å². The molecule has 1 aliphatic carbocycles. The summed E-state index contributed by atoms with van der Waals surface area (Å²) >= 11 is 0. The number of para-hydroxylation sites is 2. The van der Waals surface area contributed by atoms with Crippen LogP contribution in [0.25, 0.3) is 0 Å². The van der Waals surface area contributed by atoms with E-state index >= 15 is 0 Å². The molecule has 2 aliphatic rings. The fourth-order valence-corrected chi connectivity index (χ4v) is 4.41. The number of rotatable bonds is 6. The largest absolute Gasteiger partial charge is 0.497 e. The number of amides is 2. The summed E-state index contributed by atoms with van der Waals surface area (Å²) in [5, 5.41) is 0. The topological polar surface area (TPSA) is 72.9 Å². The van der Waals surface area contributed by atoms with E-state index in [0.717, 1.165) is 19.3 Å². The quantitative estimate of drug-likeness (QED) is 0.537. The second-order valence-electron chi connectivity index (χ2n) is 8.05. The highest BCUT2D eigenvalue weighted by atomic mass is 16.5. The number of fused-ring (bicyclic) bond motifs is 1. The van der Waals surface area contributed by atoms with Gasteiger partial charge in [0.1, 0.15) is 11.5 Å². The van der Waals surface area contributed by atoms with Crippen LogP contribution < -0.4 is 14.4 Å². The lowest BCUT2D eigenvalue weighted by molar-refractivity contribution is -0.122. The number of imide groups is 1. The molecule has 30 heavy (non-hydrogen) atoms. The van der Waals surface area contributed by atoms with Crippen LogP contribution in [0.3, 0.4) is 0 Å². The van der Waals surface area contributed by atoms with Gasteiger partial charge in [-0.3, -0.25) is 14.4 Å². The first kappa shape index (κ1) is 20.1. The van der Waals surface area contributed by atoms with Crippen molar-refractivity contribution in [1.82, 2.24) is 0 Å². The van der Waals surface area contributed by atoms with Gasteiger partial charge < -0.3 is 9.47 Å². The first-order valence-corrected chi connectivity index (χ1v) is 10.3. The van der Waals surface area contributed by atoms with Crippen molar-refractivity contribution in [3.63, 3.8) is 0 Å². The maximum Gasteiger partial charge on any atom is 0.237 e. The molecule has 1 saturated carbocycles. The number of hydrogen-bond donors (Lipinski definition) is 0. The summed E-state index contributed by atoms with van der Waals surface area (Å²) < 4.78 is 10.9. The fourth-order valence-electron chi connectivity index (χ4n) is 4.41. The minimum Gasteiger partial charge on any atom is -0.497 e. The van der Waals surface area contributed by atoms with E-state index in [1.807, 2.05) is 0 Å². The molecule has 1 aliphatic heterocycles. The molecule has 2 aromatic carbocycles. The van der Waals surface area contributed by atoms with Gasteiger partial charge in [-0.05, 0) is 49.4 Å². The lowest BCUT2D eigenvalue weighted by Gasteiger charge is -2.25. The normalized spacial score (nSPS) is 23.3. The Hall–Kier alpha value is -3.15. The minimum atomic E-state index is -0.257. The van der Waals surface area contributed by atoms with Crippen molar-refractivity contribution in [2.24, 2.45) is 17.8 Å². The van der Waals surface area contributed by atoms with Crippen LogP contribution >= 0.6 is 0 Å². The second-order valence-corrected chi connectivity index (χ2v) is 8.05. The minimum absolute atomic E-state index is 0.160. The Kier molecular flexibility index (Phi) is 5.57. The number of carbonyl (C=O) groups excluding carboxylic acids is 3. The number of nitrogens with zero attached hydrogens (tertiary/aromatic N) is 1. The van der Waals surface area contributed by atoms with Crippen molar-refractivity contribution in [2.45, 2.75) is 26.2 Å². The maximum absolute atomic E-state index is 13.0. The third kappa shape index (κ3) is 3.70. The standard InChI is InChI=1S/C24H25NO5/c1-15-10-11-18-19(12-15)24(28)25(23(18)27)20-8-3-4-9-22(20)30-14-21(26)16-6-5-7-17(13-16)29-2/h3-9,13,15,18-19H,10-12,14H2,1-2H3/t15-,18-,19-/m1/s1. The molecule has 2 amide bonds. The summed E-state index contributed by atoms with van der Waals surface area (Å²) in [6, 6.07) is 13.7. The van der Waals surface area contributed by atoms with E-state index in [1.54, 1.807) is 55.6 Å². The summed E-state index contributed by atoms with van der Waals surface area (Å²) in [6.07, 6.45) is 2.44. The summed E-state index contributed by atoms with van der Waals surface area (Å²) in [7, 11) is 1.54. The van der Waals surface area contributed by atoms with E-state index in [2.05, 4.69) is 6.92 Å². The molecule has 6 heteroatoms. The molecule has 0 spiro atoms. The molecule has 0 aromatic heterocycles. The Labute approximate surface area is 175 Å². The molecule has 2 aromatic rings. The zero-order valence-corrected chi connectivity index (χ0v) is 17.2. The lowest BCUT2D eigenvalue weighted by atomic mass is 9.76. The molecule has 156 valence electrons. The van der Waals surface area contributed by atoms with Gasteiger partial charge in [0.05, 0.1) is 24.6 Å². The van der Waals surface area contributed by atoms with Crippen molar-refractivity contribution in [1.29, 1.82) is 0 Å². The number of ketones is 1. The van der Waals surface area contributed by atoms with E-state index in [-0.39, 0.29) is 36.0 Å². The van der Waals surface area contributed by atoms with Gasteiger partial charge in [-0.25, -0.2) is 4.90 Å². The molecule has 3 atom stereocenters. The molecule has 0 unspecified atom stereocenters. The van der Waals surface area contributed by atoms with Gasteiger partial charge >= 0.3 is 0 Å². The van der Waals surface area contributed by atoms with Gasteiger partial charge in [-0.15, -0.1) is 0 Å². The zero-order chi connectivity index (χ0) is 21.3. The Morgan fingerprint density at radius 1 is 1.03 bits per heavy atom. The van der Waals surface area contributed by atoms with Crippen LogP contribution in [0.2, 0.25) is 0 Å². The van der Waals surface area contributed by atoms with Crippen LogP contribution in [-0.2, 0) is 9.59 Å². The predicted octanol–water partition coefficient (Wildman–Crippen LogP) is 3.88. The summed E-state index contributed by atoms with van der Waals surface area (Å²) in [5.74, 6) is 0.334. The average molecular weight is 407 g/mol. The summed E-state index contributed by atoms with van der Waals surface area (Å²) in [5.41, 5.74) is 0.883. The monoisotopic (exact) mass is 407 g/mol. The average Bonchev–Trinajstić information content (AvgIpc) is 3.01. The van der Waals surface area contributed by atoms with E-state index in [1.165, 1.54) is 4.90 Å². The van der Waals surface area contributed by atoms with Crippen molar-refractivity contribution in [3.05, 3.63) is 54.1 Å². The van der Waals surface area contributed by atoms with Gasteiger partial charge in [-0.1, -0.05) is 31.2 Å². The smallest absolute Gasteiger partial charge is 0.237 e. The van der Waals surface area contributed by atoms with Gasteiger partial charge in [0.2, 0.25) is 11.8 Å². The van der Waals surface area contributed by atoms with Crippen LogP contribution in [0.1, 0.15) is 36.5 Å². The number of hydrogen-bond acceptors (Lipinski definition) is 5. The Morgan fingerprint density at radius 2 is 1.80 bits per heavy atom. The lowest BCUT2D eigenvalue weighted by Crippen LogP contribution is -2.31. The molecular weight excluding hydrogens is 382 g/mol. The molecule has 0 N–H and O–H groups in total. The summed E-state index contributed by atoms with van der Waals surface area (Å²) in [6.45, 7) is 1.92. The van der Waals surface area contributed by atoms with Gasteiger partial charge in [-0.2, -0.15) is 0 Å². The zero-order valence-electron chi connectivity index (χ0n) is 17.2. The molecule has 1 saturated heterocycles. The highest BCUT2D eigenvalue weighted by Gasteiger charge is 2.50. The van der Waals surface area contributed by atoms with Crippen LogP contribution in [0.4, 0.5) is 5.69 Å². The van der Waals surface area contributed by atoms with Gasteiger partial charge in [0.25, 0.3) is 0 Å². The number of ether oxygens (including phenoxy) is 2. The first-order chi connectivity index (χ1) is 14.5. The van der Waals surface area contributed by atoms with Crippen molar-refractivity contribution >= 4 is 23.3 Å². The Bertz CT molecular complexity index is 985. The molecule has 0 bridgehead atoms. The summed E-state index contributed by atoms with van der Waals surface area (Å²) in [4.78, 5) is 39.9. The van der Waals surface area contributed by atoms with Gasteiger partial charge in [0, 0.05) is 5.56 Å². The van der Waals surface area contributed by atoms with E-state index in [0.29, 0.717) is 28.7 Å². The highest BCUT2D eigenvalue weighted by Crippen LogP contribution is 2.44.